The van der Waals surface area contributed by atoms with Crippen molar-refractivity contribution in [1.29, 1.82) is 0 Å². The monoisotopic (exact) mass is 344 g/mol. The van der Waals surface area contributed by atoms with Gasteiger partial charge >= 0.3 is 0 Å². The fourth-order valence-electron chi connectivity index (χ4n) is 2.90. The van der Waals surface area contributed by atoms with E-state index in [0.717, 1.165) is 30.3 Å². The Kier molecular flexibility index (Phi) is 4.32. The van der Waals surface area contributed by atoms with Gasteiger partial charge in [-0.1, -0.05) is 47.1 Å². The number of rotatable bonds is 4. The molecular weight excluding hydrogens is 324 g/mol. The van der Waals surface area contributed by atoms with Gasteiger partial charge in [-0.25, -0.2) is 0 Å². The van der Waals surface area contributed by atoms with Gasteiger partial charge in [-0.3, -0.25) is 0 Å². The molecule has 1 heterocycles. The average molecular weight is 345 g/mol. The van der Waals surface area contributed by atoms with Crippen LogP contribution in [0.5, 0.6) is 0 Å². The molecule has 0 amide bonds. The maximum atomic E-state index is 6.07. The summed E-state index contributed by atoms with van der Waals surface area (Å²) in [6, 6.07) is 15.5. The number of nitrogens with zero attached hydrogens (tertiary/aromatic N) is 1. The van der Waals surface area contributed by atoms with Gasteiger partial charge in [0.05, 0.1) is 0 Å². The Balaban J connectivity index is 1.86. The molecule has 0 fully saturated rings. The highest BCUT2D eigenvalue weighted by Crippen LogP contribution is 2.36. The van der Waals surface area contributed by atoms with Crippen LogP contribution in [0.15, 0.2) is 46.9 Å². The number of benzene rings is 2. The van der Waals surface area contributed by atoms with Gasteiger partial charge < -0.3 is 10.6 Å². The molecule has 3 heteroatoms. The molecule has 0 aliphatic carbocycles. The Hall–Kier alpha value is -1.32. The SMILES string of the molecule is CCC(N)Cc1ccc(N2CCc3ccccc32)cc1Br. The molecule has 0 spiro atoms. The Morgan fingerprint density at radius 3 is 2.81 bits per heavy atom. The topological polar surface area (TPSA) is 29.3 Å². The second-order valence-corrected chi connectivity index (χ2v) is 6.53. The van der Waals surface area contributed by atoms with Gasteiger partial charge in [0, 0.05) is 28.4 Å². The van der Waals surface area contributed by atoms with Crippen molar-refractivity contribution in [3.8, 4) is 0 Å². The van der Waals surface area contributed by atoms with Crippen molar-refractivity contribution in [1.82, 2.24) is 0 Å². The van der Waals surface area contributed by atoms with Crippen LogP contribution in [0.1, 0.15) is 24.5 Å². The van der Waals surface area contributed by atoms with Gasteiger partial charge in [0.15, 0.2) is 0 Å². The van der Waals surface area contributed by atoms with E-state index in [4.69, 9.17) is 5.73 Å². The van der Waals surface area contributed by atoms with Crippen LogP contribution in [0, 0.1) is 0 Å². The minimum Gasteiger partial charge on any atom is -0.341 e. The second kappa shape index (κ2) is 6.20. The molecule has 0 radical (unpaired) electrons. The molecule has 110 valence electrons. The van der Waals surface area contributed by atoms with Gasteiger partial charge in [0.2, 0.25) is 0 Å². The van der Waals surface area contributed by atoms with Crippen molar-refractivity contribution in [3.63, 3.8) is 0 Å². The molecule has 2 aromatic carbocycles. The molecule has 1 atom stereocenters. The van der Waals surface area contributed by atoms with E-state index in [0.29, 0.717) is 0 Å². The number of nitrogens with two attached hydrogens (primary N) is 1. The Bertz CT molecular complexity index is 639. The number of para-hydroxylation sites is 1. The molecule has 21 heavy (non-hydrogen) atoms. The van der Waals surface area contributed by atoms with E-state index in [1.54, 1.807) is 0 Å². The smallest absolute Gasteiger partial charge is 0.0444 e. The van der Waals surface area contributed by atoms with Crippen molar-refractivity contribution in [2.24, 2.45) is 5.73 Å². The molecular formula is C18H21BrN2. The van der Waals surface area contributed by atoms with Gasteiger partial charge in [0.25, 0.3) is 0 Å². The molecule has 2 aromatic rings. The molecule has 0 bridgehead atoms. The van der Waals surface area contributed by atoms with Crippen LogP contribution in [0.3, 0.4) is 0 Å². The lowest BCUT2D eigenvalue weighted by atomic mass is 10.0. The molecule has 1 aliphatic heterocycles. The average Bonchev–Trinajstić information content (AvgIpc) is 2.93. The molecule has 3 rings (SSSR count). The minimum absolute atomic E-state index is 0.236. The number of fused-ring (bicyclic) bond motifs is 1. The van der Waals surface area contributed by atoms with E-state index < -0.39 is 0 Å². The van der Waals surface area contributed by atoms with Crippen molar-refractivity contribution in [2.75, 3.05) is 11.4 Å². The molecule has 2 N–H and O–H groups in total. The first-order valence-electron chi connectivity index (χ1n) is 7.58. The summed E-state index contributed by atoms with van der Waals surface area (Å²) >= 11 is 3.71. The van der Waals surface area contributed by atoms with Gasteiger partial charge in [-0.15, -0.1) is 0 Å². The molecule has 1 unspecified atom stereocenters. The maximum Gasteiger partial charge on any atom is 0.0444 e. The summed E-state index contributed by atoms with van der Waals surface area (Å²) in [5.74, 6) is 0. The maximum absolute atomic E-state index is 6.07. The summed E-state index contributed by atoms with van der Waals surface area (Å²) in [4.78, 5) is 2.39. The first-order chi connectivity index (χ1) is 10.2. The third kappa shape index (κ3) is 2.99. The lowest BCUT2D eigenvalue weighted by Crippen LogP contribution is -2.21. The second-order valence-electron chi connectivity index (χ2n) is 5.68. The van der Waals surface area contributed by atoms with Crippen LogP contribution in [0.25, 0.3) is 0 Å². The van der Waals surface area contributed by atoms with E-state index in [2.05, 4.69) is 70.2 Å². The molecule has 2 nitrogen and oxygen atoms in total. The Morgan fingerprint density at radius 2 is 2.05 bits per heavy atom. The Morgan fingerprint density at radius 1 is 1.24 bits per heavy atom. The van der Waals surface area contributed by atoms with Gasteiger partial charge in [0.1, 0.15) is 0 Å². The van der Waals surface area contributed by atoms with Crippen LogP contribution < -0.4 is 10.6 Å². The normalized spacial score (nSPS) is 15.1. The fraction of sp³-hybridized carbons (Fsp3) is 0.333. The highest BCUT2D eigenvalue weighted by Gasteiger charge is 2.20. The quantitative estimate of drug-likeness (QED) is 0.889. The highest BCUT2D eigenvalue weighted by atomic mass is 79.9. The summed E-state index contributed by atoms with van der Waals surface area (Å²) < 4.78 is 1.16. The van der Waals surface area contributed by atoms with Crippen LogP contribution in [-0.4, -0.2) is 12.6 Å². The van der Waals surface area contributed by atoms with Gasteiger partial charge in [-0.2, -0.15) is 0 Å². The summed E-state index contributed by atoms with van der Waals surface area (Å²) in [5, 5.41) is 0. The number of hydrogen-bond acceptors (Lipinski definition) is 2. The zero-order valence-electron chi connectivity index (χ0n) is 12.3. The zero-order chi connectivity index (χ0) is 14.8. The van der Waals surface area contributed by atoms with Crippen LogP contribution in [0.2, 0.25) is 0 Å². The predicted molar refractivity (Wildman–Crippen MR) is 93.3 cm³/mol. The highest BCUT2D eigenvalue weighted by molar-refractivity contribution is 9.10. The molecule has 1 aliphatic rings. The van der Waals surface area contributed by atoms with Crippen LogP contribution >= 0.6 is 15.9 Å². The molecule has 0 saturated heterocycles. The standard InChI is InChI=1S/C18H21BrN2/c1-2-15(20)11-14-7-8-16(12-17(14)19)21-10-9-13-5-3-4-6-18(13)21/h3-8,12,15H,2,9-11,20H2,1H3. The number of halogens is 1. The van der Waals surface area contributed by atoms with E-state index >= 15 is 0 Å². The van der Waals surface area contributed by atoms with Crippen molar-refractivity contribution in [3.05, 3.63) is 58.1 Å². The third-order valence-electron chi connectivity index (χ3n) is 4.24. The summed E-state index contributed by atoms with van der Waals surface area (Å²) in [6.45, 7) is 3.19. The van der Waals surface area contributed by atoms with Crippen LogP contribution in [-0.2, 0) is 12.8 Å². The van der Waals surface area contributed by atoms with Gasteiger partial charge in [-0.05, 0) is 48.6 Å². The van der Waals surface area contributed by atoms with E-state index in [1.165, 1.54) is 22.5 Å². The Labute approximate surface area is 135 Å². The van der Waals surface area contributed by atoms with E-state index in [1.807, 2.05) is 0 Å². The van der Waals surface area contributed by atoms with Crippen LogP contribution in [0.4, 0.5) is 11.4 Å². The summed E-state index contributed by atoms with van der Waals surface area (Å²) in [7, 11) is 0. The third-order valence-corrected chi connectivity index (χ3v) is 4.98. The number of hydrogen-bond donors (Lipinski definition) is 1. The van der Waals surface area contributed by atoms with E-state index in [-0.39, 0.29) is 6.04 Å². The summed E-state index contributed by atoms with van der Waals surface area (Å²) in [5.41, 5.74) is 11.4. The van der Waals surface area contributed by atoms with E-state index in [9.17, 15) is 0 Å². The summed E-state index contributed by atoms with van der Waals surface area (Å²) in [6.07, 6.45) is 3.05. The first kappa shape index (κ1) is 14.6. The largest absolute Gasteiger partial charge is 0.341 e. The number of anilines is 2. The van der Waals surface area contributed by atoms with Crippen molar-refractivity contribution >= 4 is 27.3 Å². The van der Waals surface area contributed by atoms with Crippen molar-refractivity contribution < 1.29 is 0 Å². The molecule has 0 saturated carbocycles. The lowest BCUT2D eigenvalue weighted by molar-refractivity contribution is 0.645. The fourth-order valence-corrected chi connectivity index (χ4v) is 3.43. The molecule has 0 aromatic heterocycles. The lowest BCUT2D eigenvalue weighted by Gasteiger charge is -2.21. The zero-order valence-corrected chi connectivity index (χ0v) is 13.9. The first-order valence-corrected chi connectivity index (χ1v) is 8.37. The van der Waals surface area contributed by atoms with Crippen molar-refractivity contribution in [2.45, 2.75) is 32.2 Å². The minimum atomic E-state index is 0.236. The predicted octanol–water partition coefficient (Wildman–Crippen LogP) is 4.42.